The summed E-state index contributed by atoms with van der Waals surface area (Å²) in [5.74, 6) is 1.33. The van der Waals surface area contributed by atoms with Crippen LogP contribution in [0, 0.1) is 17.3 Å². The molecular weight excluding hydrogens is 260 g/mol. The first kappa shape index (κ1) is 16.8. The van der Waals surface area contributed by atoms with Crippen molar-refractivity contribution in [3.63, 3.8) is 0 Å². The van der Waals surface area contributed by atoms with Crippen molar-refractivity contribution in [3.05, 3.63) is 0 Å². The molecule has 1 amide bonds. The minimum Gasteiger partial charge on any atom is -0.325 e. The molecule has 2 fully saturated rings. The summed E-state index contributed by atoms with van der Waals surface area (Å²) in [6, 6.07) is 0.0176. The van der Waals surface area contributed by atoms with Crippen molar-refractivity contribution in [3.8, 4) is 0 Å². The smallest absolute Gasteiger partial charge is 0.241 e. The van der Waals surface area contributed by atoms with Crippen molar-refractivity contribution in [2.45, 2.75) is 85.4 Å². The predicted octanol–water partition coefficient (Wildman–Crippen LogP) is 3.79. The summed E-state index contributed by atoms with van der Waals surface area (Å²) in [4.78, 5) is 15.0. The van der Waals surface area contributed by atoms with Gasteiger partial charge in [0.15, 0.2) is 0 Å². The van der Waals surface area contributed by atoms with E-state index < -0.39 is 0 Å². The van der Waals surface area contributed by atoms with Crippen LogP contribution in [0.4, 0.5) is 0 Å². The Morgan fingerprint density at radius 1 is 1.24 bits per heavy atom. The molecule has 2 atom stereocenters. The number of carbonyl (C=O) groups excluding carboxylic acids is 1. The lowest BCUT2D eigenvalue weighted by Gasteiger charge is -2.36. The van der Waals surface area contributed by atoms with Gasteiger partial charge in [-0.25, -0.2) is 0 Å². The van der Waals surface area contributed by atoms with E-state index in [2.05, 4.69) is 44.8 Å². The Bertz CT molecular complexity index is 358. The summed E-state index contributed by atoms with van der Waals surface area (Å²) in [5, 5.41) is 3.61. The van der Waals surface area contributed by atoms with Gasteiger partial charge in [0.2, 0.25) is 5.91 Å². The van der Waals surface area contributed by atoms with Gasteiger partial charge >= 0.3 is 0 Å². The van der Waals surface area contributed by atoms with Crippen LogP contribution in [0.3, 0.4) is 0 Å². The summed E-state index contributed by atoms with van der Waals surface area (Å²) in [6.45, 7) is 12.1. The molecule has 0 bridgehead atoms. The number of rotatable bonds is 6. The highest BCUT2D eigenvalue weighted by Crippen LogP contribution is 2.42. The number of hydrogen-bond acceptors (Lipinski definition) is 2. The van der Waals surface area contributed by atoms with E-state index in [1.807, 2.05) is 0 Å². The maximum atomic E-state index is 12.8. The van der Waals surface area contributed by atoms with E-state index in [4.69, 9.17) is 0 Å². The van der Waals surface area contributed by atoms with Crippen molar-refractivity contribution >= 4 is 5.91 Å². The predicted molar refractivity (Wildman–Crippen MR) is 87.9 cm³/mol. The van der Waals surface area contributed by atoms with Gasteiger partial charge in [-0.05, 0) is 42.9 Å². The van der Waals surface area contributed by atoms with E-state index in [0.717, 1.165) is 13.0 Å². The Labute approximate surface area is 130 Å². The number of nitrogens with one attached hydrogen (secondary N) is 1. The van der Waals surface area contributed by atoms with E-state index in [0.29, 0.717) is 23.2 Å². The van der Waals surface area contributed by atoms with Gasteiger partial charge in [-0.1, -0.05) is 47.5 Å². The SMILES string of the molecule is CCC1(CN2C(=O)C(C(C)C)NC2CC(C)C)CCCC1. The average molecular weight is 294 g/mol. The normalized spacial score (nSPS) is 29.1. The van der Waals surface area contributed by atoms with Crippen LogP contribution in [0.1, 0.15) is 73.1 Å². The second-order valence-corrected chi connectivity index (χ2v) is 8.06. The fourth-order valence-electron chi connectivity index (χ4n) is 4.12. The van der Waals surface area contributed by atoms with Crippen LogP contribution in [0.5, 0.6) is 0 Å². The number of nitrogens with zero attached hydrogens (tertiary/aromatic N) is 1. The van der Waals surface area contributed by atoms with Gasteiger partial charge in [0.1, 0.15) is 0 Å². The topological polar surface area (TPSA) is 32.3 Å². The lowest BCUT2D eigenvalue weighted by Crippen LogP contribution is -2.44. The second-order valence-electron chi connectivity index (χ2n) is 8.06. The zero-order chi connectivity index (χ0) is 15.6. The molecule has 1 aliphatic carbocycles. The minimum atomic E-state index is 0.0176. The van der Waals surface area contributed by atoms with Crippen LogP contribution in [0.15, 0.2) is 0 Å². The van der Waals surface area contributed by atoms with E-state index in [9.17, 15) is 4.79 Å². The number of hydrogen-bond donors (Lipinski definition) is 1. The molecule has 1 aliphatic heterocycles. The third kappa shape index (κ3) is 3.61. The van der Waals surface area contributed by atoms with E-state index in [-0.39, 0.29) is 12.2 Å². The van der Waals surface area contributed by atoms with Gasteiger partial charge in [-0.2, -0.15) is 0 Å². The summed E-state index contributed by atoms with van der Waals surface area (Å²) >= 11 is 0. The first-order valence-electron chi connectivity index (χ1n) is 8.95. The first-order valence-corrected chi connectivity index (χ1v) is 8.95. The zero-order valence-corrected chi connectivity index (χ0v) is 14.6. The molecule has 0 radical (unpaired) electrons. The standard InChI is InChI=1S/C18H34N2O/c1-6-18(9-7-8-10-18)12-20-15(11-13(2)3)19-16(14(4)5)17(20)21/h13-16,19H,6-12H2,1-5H3. The molecule has 0 aromatic rings. The van der Waals surface area contributed by atoms with Crippen molar-refractivity contribution in [1.82, 2.24) is 10.2 Å². The van der Waals surface area contributed by atoms with Crippen molar-refractivity contribution in [1.29, 1.82) is 0 Å². The summed E-state index contributed by atoms with van der Waals surface area (Å²) in [5.41, 5.74) is 0.387. The molecule has 122 valence electrons. The van der Waals surface area contributed by atoms with Gasteiger partial charge < -0.3 is 4.90 Å². The van der Waals surface area contributed by atoms with Gasteiger partial charge in [-0.15, -0.1) is 0 Å². The van der Waals surface area contributed by atoms with Gasteiger partial charge in [0, 0.05) is 6.54 Å². The van der Waals surface area contributed by atoms with E-state index in [1.54, 1.807) is 0 Å². The molecular formula is C18H34N2O. The Kier molecular flexibility index (Phi) is 5.34. The van der Waals surface area contributed by atoms with Crippen LogP contribution in [-0.4, -0.2) is 29.6 Å². The fraction of sp³-hybridized carbons (Fsp3) is 0.944. The highest BCUT2D eigenvalue weighted by molar-refractivity contribution is 5.84. The molecule has 0 spiro atoms. The third-order valence-corrected chi connectivity index (χ3v) is 5.58. The summed E-state index contributed by atoms with van der Waals surface area (Å²) in [7, 11) is 0. The number of carbonyl (C=O) groups is 1. The molecule has 3 nitrogen and oxygen atoms in total. The summed E-state index contributed by atoms with van der Waals surface area (Å²) < 4.78 is 0. The van der Waals surface area contributed by atoms with E-state index >= 15 is 0 Å². The highest BCUT2D eigenvalue weighted by atomic mass is 16.2. The van der Waals surface area contributed by atoms with Crippen LogP contribution < -0.4 is 5.32 Å². The van der Waals surface area contributed by atoms with Crippen molar-refractivity contribution in [2.75, 3.05) is 6.54 Å². The number of amides is 1. The molecule has 1 saturated carbocycles. The van der Waals surface area contributed by atoms with E-state index in [1.165, 1.54) is 32.1 Å². The highest BCUT2D eigenvalue weighted by Gasteiger charge is 2.44. The lowest BCUT2D eigenvalue weighted by atomic mass is 9.82. The van der Waals surface area contributed by atoms with Gasteiger partial charge in [-0.3, -0.25) is 10.1 Å². The third-order valence-electron chi connectivity index (χ3n) is 5.58. The molecule has 1 heterocycles. The first-order chi connectivity index (χ1) is 9.88. The Morgan fingerprint density at radius 3 is 2.33 bits per heavy atom. The molecule has 21 heavy (non-hydrogen) atoms. The fourth-order valence-corrected chi connectivity index (χ4v) is 4.12. The van der Waals surface area contributed by atoms with Crippen LogP contribution in [0.25, 0.3) is 0 Å². The molecule has 1 saturated heterocycles. The maximum absolute atomic E-state index is 12.8. The Hall–Kier alpha value is -0.570. The zero-order valence-electron chi connectivity index (χ0n) is 14.6. The van der Waals surface area contributed by atoms with Crippen LogP contribution in [-0.2, 0) is 4.79 Å². The average Bonchev–Trinajstić information content (AvgIpc) is 2.99. The Morgan fingerprint density at radius 2 is 1.86 bits per heavy atom. The van der Waals surface area contributed by atoms with Gasteiger partial charge in [0.05, 0.1) is 12.2 Å². The van der Waals surface area contributed by atoms with Crippen molar-refractivity contribution < 1.29 is 4.79 Å². The quantitative estimate of drug-likeness (QED) is 0.808. The molecule has 2 aliphatic rings. The van der Waals surface area contributed by atoms with Crippen molar-refractivity contribution in [2.24, 2.45) is 17.3 Å². The molecule has 0 aromatic heterocycles. The minimum absolute atomic E-state index is 0.0176. The maximum Gasteiger partial charge on any atom is 0.241 e. The van der Waals surface area contributed by atoms with Gasteiger partial charge in [0.25, 0.3) is 0 Å². The van der Waals surface area contributed by atoms with Crippen LogP contribution in [0.2, 0.25) is 0 Å². The summed E-state index contributed by atoms with van der Waals surface area (Å²) in [6.07, 6.45) is 7.79. The molecule has 2 rings (SSSR count). The second kappa shape index (κ2) is 6.68. The molecule has 1 N–H and O–H groups in total. The Balaban J connectivity index is 2.14. The van der Waals surface area contributed by atoms with Crippen LogP contribution >= 0.6 is 0 Å². The monoisotopic (exact) mass is 294 g/mol. The molecule has 0 aromatic carbocycles. The molecule has 3 heteroatoms. The lowest BCUT2D eigenvalue weighted by molar-refractivity contribution is -0.132. The largest absolute Gasteiger partial charge is 0.325 e. The molecule has 2 unspecified atom stereocenters.